The van der Waals surface area contributed by atoms with E-state index in [-0.39, 0.29) is 18.9 Å². The Labute approximate surface area is 465 Å². The fourth-order valence-corrected chi connectivity index (χ4v) is 9.47. The molecule has 0 aromatic carbocycles. The van der Waals surface area contributed by atoms with Gasteiger partial charge < -0.3 is 65.1 Å². The topological polar surface area (TPSA) is 228 Å². The molecule has 14 heteroatoms. The molecule has 0 saturated carbocycles. The molecule has 14 nitrogen and oxygen atoms in total. The van der Waals surface area contributed by atoms with Crippen LogP contribution in [0.5, 0.6) is 0 Å². The lowest BCUT2D eigenvalue weighted by atomic mass is 9.97. The number of hydrogen-bond donors (Lipinski definition) is 9. The maximum absolute atomic E-state index is 13.2. The molecule has 0 radical (unpaired) electrons. The van der Waals surface area contributed by atoms with Crippen LogP contribution in [0.15, 0.2) is 85.1 Å². The van der Waals surface area contributed by atoms with Crippen LogP contribution in [-0.4, -0.2) is 140 Å². The molecule has 2 aliphatic heterocycles. The van der Waals surface area contributed by atoms with Crippen molar-refractivity contribution in [2.45, 2.75) is 286 Å². The van der Waals surface area contributed by atoms with E-state index in [0.29, 0.717) is 6.42 Å². The summed E-state index contributed by atoms with van der Waals surface area (Å²) in [7, 11) is 0. The molecule has 0 bridgehead atoms. The van der Waals surface area contributed by atoms with Crippen molar-refractivity contribution in [3.05, 3.63) is 85.1 Å². The zero-order chi connectivity index (χ0) is 56.0. The predicted molar refractivity (Wildman–Crippen MR) is 309 cm³/mol. The van der Waals surface area contributed by atoms with Crippen LogP contribution in [0.3, 0.4) is 0 Å². The van der Waals surface area contributed by atoms with Crippen LogP contribution in [0.1, 0.15) is 213 Å². The molecule has 0 aromatic heterocycles. The number of carbonyl (C=O) groups excluding carboxylic acids is 1. The third kappa shape index (κ3) is 33.5. The van der Waals surface area contributed by atoms with E-state index in [0.717, 1.165) is 83.5 Å². The van der Waals surface area contributed by atoms with Crippen LogP contribution in [-0.2, 0) is 23.7 Å². The Morgan fingerprint density at radius 1 is 0.481 bits per heavy atom. The molecule has 2 aliphatic rings. The van der Waals surface area contributed by atoms with Gasteiger partial charge >= 0.3 is 0 Å². The summed E-state index contributed by atoms with van der Waals surface area (Å²) in [5, 5.41) is 86.7. The average Bonchev–Trinajstić information content (AvgIpc) is 3.44. The maximum atomic E-state index is 13.2. The summed E-state index contributed by atoms with van der Waals surface area (Å²) in [5.74, 6) is -0.245. The smallest absolute Gasteiger partial charge is 0.220 e. The number of aliphatic hydroxyl groups excluding tert-OH is 8. The van der Waals surface area contributed by atoms with E-state index in [1.54, 1.807) is 6.08 Å². The zero-order valence-electron chi connectivity index (χ0n) is 47.7. The molecule has 2 heterocycles. The van der Waals surface area contributed by atoms with Gasteiger partial charge in [0, 0.05) is 6.42 Å². The molecule has 0 aromatic rings. The van der Waals surface area contributed by atoms with Crippen LogP contribution in [0.4, 0.5) is 0 Å². The highest BCUT2D eigenvalue weighted by Gasteiger charge is 2.51. The lowest BCUT2D eigenvalue weighted by Crippen LogP contribution is -2.65. The Kier molecular flexibility index (Phi) is 43.7. The van der Waals surface area contributed by atoms with Crippen molar-refractivity contribution >= 4 is 5.91 Å². The van der Waals surface area contributed by atoms with Crippen molar-refractivity contribution < 1.29 is 64.6 Å². The normalized spacial score (nSPS) is 25.3. The van der Waals surface area contributed by atoms with Crippen molar-refractivity contribution in [2.75, 3.05) is 19.8 Å². The highest BCUT2D eigenvalue weighted by atomic mass is 16.7. The van der Waals surface area contributed by atoms with E-state index in [4.69, 9.17) is 18.9 Å². The first-order valence-corrected chi connectivity index (χ1v) is 30.3. The van der Waals surface area contributed by atoms with Crippen molar-refractivity contribution in [2.24, 2.45) is 0 Å². The Hall–Kier alpha value is -2.83. The Morgan fingerprint density at radius 3 is 1.38 bits per heavy atom. The molecule has 2 fully saturated rings. The van der Waals surface area contributed by atoms with Gasteiger partial charge in [0.1, 0.15) is 48.8 Å². The molecule has 0 spiro atoms. The molecule has 12 unspecified atom stereocenters. The summed E-state index contributed by atoms with van der Waals surface area (Å²) in [6.07, 6.45) is 48.1. The Bertz CT molecular complexity index is 1610. The molecule has 77 heavy (non-hydrogen) atoms. The minimum absolute atomic E-state index is 0.245. The number of aliphatic hydroxyl groups is 8. The summed E-state index contributed by atoms with van der Waals surface area (Å²) in [6, 6.07) is -0.915. The fourth-order valence-electron chi connectivity index (χ4n) is 9.47. The number of amides is 1. The average molecular weight is 1090 g/mol. The van der Waals surface area contributed by atoms with Crippen molar-refractivity contribution in [3.63, 3.8) is 0 Å². The first-order valence-electron chi connectivity index (χ1n) is 30.3. The van der Waals surface area contributed by atoms with Gasteiger partial charge in [-0.2, -0.15) is 0 Å². The largest absolute Gasteiger partial charge is 0.394 e. The van der Waals surface area contributed by atoms with Gasteiger partial charge in [0.05, 0.1) is 32.0 Å². The Balaban J connectivity index is 1.58. The number of ether oxygens (including phenoxy) is 4. The van der Waals surface area contributed by atoms with Crippen molar-refractivity contribution in [1.82, 2.24) is 5.32 Å². The van der Waals surface area contributed by atoms with Crippen LogP contribution in [0, 0.1) is 0 Å². The van der Waals surface area contributed by atoms with E-state index in [9.17, 15) is 45.6 Å². The minimum Gasteiger partial charge on any atom is -0.394 e. The van der Waals surface area contributed by atoms with Gasteiger partial charge in [-0.15, -0.1) is 0 Å². The van der Waals surface area contributed by atoms with E-state index >= 15 is 0 Å². The quantitative estimate of drug-likeness (QED) is 0.0204. The monoisotopic (exact) mass is 1090 g/mol. The molecule has 444 valence electrons. The van der Waals surface area contributed by atoms with E-state index in [2.05, 4.69) is 92.1 Å². The van der Waals surface area contributed by atoms with Crippen LogP contribution >= 0.6 is 0 Å². The van der Waals surface area contributed by atoms with Crippen molar-refractivity contribution in [1.29, 1.82) is 0 Å². The van der Waals surface area contributed by atoms with Gasteiger partial charge in [-0.3, -0.25) is 4.79 Å². The third-order valence-electron chi connectivity index (χ3n) is 14.3. The van der Waals surface area contributed by atoms with E-state index in [1.807, 2.05) is 6.08 Å². The summed E-state index contributed by atoms with van der Waals surface area (Å²) < 4.78 is 22.7. The molecule has 2 saturated heterocycles. The highest BCUT2D eigenvalue weighted by Crippen LogP contribution is 2.30. The first kappa shape index (κ1) is 70.3. The Morgan fingerprint density at radius 2 is 0.896 bits per heavy atom. The highest BCUT2D eigenvalue weighted by molar-refractivity contribution is 5.76. The number of unbranched alkanes of at least 4 members (excludes halogenated alkanes) is 22. The lowest BCUT2D eigenvalue weighted by Gasteiger charge is -2.46. The third-order valence-corrected chi connectivity index (χ3v) is 14.3. The lowest BCUT2D eigenvalue weighted by molar-refractivity contribution is -0.359. The summed E-state index contributed by atoms with van der Waals surface area (Å²) in [5.41, 5.74) is 0. The molecular weight excluding hydrogens is 979 g/mol. The summed E-state index contributed by atoms with van der Waals surface area (Å²) >= 11 is 0. The van der Waals surface area contributed by atoms with Crippen LogP contribution in [0.2, 0.25) is 0 Å². The zero-order valence-corrected chi connectivity index (χ0v) is 47.7. The molecule has 12 atom stereocenters. The number of rotatable bonds is 47. The van der Waals surface area contributed by atoms with Gasteiger partial charge in [-0.25, -0.2) is 0 Å². The number of nitrogens with one attached hydrogen (secondary N) is 1. The maximum Gasteiger partial charge on any atom is 0.220 e. The standard InChI is InChI=1S/C63H109NO13/c1-3-5-7-9-11-13-14-15-16-17-18-19-20-21-22-23-24-25-26-27-28-29-30-31-32-33-34-35-36-37-38-39-41-43-45-47-55(68)64-51(52(67)46-44-42-40-12-10-8-6-4-2)50-74-62-60(73)58(71)61(54(49-66)76-62)77-63-59(72)57(70)56(69)53(48-65)75-63/h5,7,11,13,15-16,18-19,21-22,24-25,44,46,51-54,56-63,65-67,69-73H,3-4,6,8-10,12,14,17,20,23,26-43,45,47-50H2,1-2H3,(H,64,68)/b7-5-,13-11-,16-15-,19-18-,22-21-,25-24-,46-44+. The van der Waals surface area contributed by atoms with Gasteiger partial charge in [0.15, 0.2) is 12.6 Å². The van der Waals surface area contributed by atoms with E-state index in [1.165, 1.54) is 103 Å². The molecule has 0 aliphatic carbocycles. The molecular formula is C63H109NO13. The molecule has 2 rings (SSSR count). The predicted octanol–water partition coefficient (Wildman–Crippen LogP) is 10.5. The number of carbonyl (C=O) groups is 1. The SMILES string of the molecule is CC/C=C\C/C=C\C/C=C\C/C=C\C/C=C\C/C=C\CCCCCCCCCCCCCCCCCCC(=O)NC(COC1OC(CO)C(OC2OC(CO)C(O)C(O)C2O)C(O)C1O)C(O)/C=C/CCCCCCCC. The second kappa shape index (κ2) is 47.9. The molecule has 1 amide bonds. The second-order valence-corrected chi connectivity index (χ2v) is 21.1. The number of hydrogen-bond acceptors (Lipinski definition) is 13. The summed E-state index contributed by atoms with van der Waals surface area (Å²) in [6.45, 7) is 2.62. The minimum atomic E-state index is -1.79. The van der Waals surface area contributed by atoms with Crippen LogP contribution in [0.25, 0.3) is 0 Å². The van der Waals surface area contributed by atoms with Gasteiger partial charge in [0.2, 0.25) is 5.91 Å². The van der Waals surface area contributed by atoms with E-state index < -0.39 is 86.8 Å². The van der Waals surface area contributed by atoms with Gasteiger partial charge in [-0.05, 0) is 70.6 Å². The molecule has 9 N–H and O–H groups in total. The number of allylic oxidation sites excluding steroid dienone is 13. The van der Waals surface area contributed by atoms with Crippen molar-refractivity contribution in [3.8, 4) is 0 Å². The van der Waals surface area contributed by atoms with Crippen LogP contribution < -0.4 is 5.32 Å². The summed E-state index contributed by atoms with van der Waals surface area (Å²) in [4.78, 5) is 13.2. The van der Waals surface area contributed by atoms with Gasteiger partial charge in [-0.1, -0.05) is 221 Å². The first-order chi connectivity index (χ1) is 37.6. The fraction of sp³-hybridized carbons (Fsp3) is 0.762. The van der Waals surface area contributed by atoms with Gasteiger partial charge in [0.25, 0.3) is 0 Å². The second-order valence-electron chi connectivity index (χ2n) is 21.1.